The fourth-order valence-electron chi connectivity index (χ4n) is 2.93. The summed E-state index contributed by atoms with van der Waals surface area (Å²) in [5.74, 6) is 0. The number of hydrogen-bond acceptors (Lipinski definition) is 3. The molecule has 0 aromatic heterocycles. The summed E-state index contributed by atoms with van der Waals surface area (Å²) in [6.07, 6.45) is 19.6. The summed E-state index contributed by atoms with van der Waals surface area (Å²) in [6.45, 7) is 6.79. The lowest BCUT2D eigenvalue weighted by molar-refractivity contribution is 0.368. The highest BCUT2D eigenvalue weighted by atomic mass is 15.3. The first-order valence-electron chi connectivity index (χ1n) is 10.5. The molecule has 0 rings (SSSR count). The minimum Gasteiger partial charge on any atom is -0.293 e. The Kier molecular flexibility index (Phi) is 19.8. The summed E-state index contributed by atoms with van der Waals surface area (Å²) in [5.41, 5.74) is 0. The van der Waals surface area contributed by atoms with Crippen molar-refractivity contribution >= 4 is 0 Å². The summed E-state index contributed by atoms with van der Waals surface area (Å²) in [6, 6.07) is 0. The number of hydrogen-bond donors (Lipinski definition) is 3. The zero-order valence-corrected chi connectivity index (χ0v) is 16.4. The average Bonchev–Trinajstić information content (AvgIpc) is 2.57. The molecule has 0 fully saturated rings. The van der Waals surface area contributed by atoms with Crippen LogP contribution in [0, 0.1) is 0 Å². The van der Waals surface area contributed by atoms with E-state index in [1.54, 1.807) is 0 Å². The van der Waals surface area contributed by atoms with Crippen LogP contribution in [0.15, 0.2) is 0 Å². The van der Waals surface area contributed by atoms with E-state index in [9.17, 15) is 0 Å². The van der Waals surface area contributed by atoms with Gasteiger partial charge in [0.15, 0.2) is 0 Å². The number of nitrogens with one attached hydrogen (secondary N) is 3. The molecule has 0 saturated carbocycles. The monoisotopic (exact) mass is 327 g/mol. The van der Waals surface area contributed by atoms with Crippen molar-refractivity contribution in [1.29, 1.82) is 0 Å². The van der Waals surface area contributed by atoms with Gasteiger partial charge in [-0.1, -0.05) is 90.9 Å². The smallest absolute Gasteiger partial charge is 0.111 e. The SMILES string of the molecule is CCCCCCCCCNC(NC)NCCCCCCCCC. The maximum Gasteiger partial charge on any atom is 0.111 e. The summed E-state index contributed by atoms with van der Waals surface area (Å²) in [5, 5.41) is 10.5. The van der Waals surface area contributed by atoms with Gasteiger partial charge in [-0.2, -0.15) is 0 Å². The molecule has 0 bridgehead atoms. The fraction of sp³-hybridized carbons (Fsp3) is 1.00. The Morgan fingerprint density at radius 1 is 0.522 bits per heavy atom. The van der Waals surface area contributed by atoms with Crippen molar-refractivity contribution in [3.63, 3.8) is 0 Å². The van der Waals surface area contributed by atoms with Gasteiger partial charge in [-0.15, -0.1) is 0 Å². The molecule has 0 aliphatic carbocycles. The van der Waals surface area contributed by atoms with Crippen LogP contribution in [0.1, 0.15) is 104 Å². The molecule has 0 amide bonds. The van der Waals surface area contributed by atoms with Crippen molar-refractivity contribution in [3.05, 3.63) is 0 Å². The second kappa shape index (κ2) is 19.9. The van der Waals surface area contributed by atoms with E-state index in [4.69, 9.17) is 0 Å². The Balaban J connectivity index is 3.29. The molecule has 0 atom stereocenters. The lowest BCUT2D eigenvalue weighted by Crippen LogP contribution is -2.51. The van der Waals surface area contributed by atoms with Gasteiger partial charge < -0.3 is 0 Å². The highest BCUT2D eigenvalue weighted by Gasteiger charge is 2.02. The van der Waals surface area contributed by atoms with E-state index in [1.165, 1.54) is 89.9 Å². The van der Waals surface area contributed by atoms with Crippen molar-refractivity contribution in [2.45, 2.75) is 110 Å². The lowest BCUT2D eigenvalue weighted by atomic mass is 10.1. The summed E-state index contributed by atoms with van der Waals surface area (Å²) < 4.78 is 0. The quantitative estimate of drug-likeness (QED) is 0.226. The van der Waals surface area contributed by atoms with Crippen LogP contribution in [0.2, 0.25) is 0 Å². The molecular formula is C20H45N3. The molecular weight excluding hydrogens is 282 g/mol. The van der Waals surface area contributed by atoms with Gasteiger partial charge >= 0.3 is 0 Å². The second-order valence-electron chi connectivity index (χ2n) is 6.87. The standard InChI is InChI=1S/C20H45N3/c1-4-6-8-10-12-14-16-18-22-20(21-3)23-19-17-15-13-11-9-7-5-2/h20-23H,4-19H2,1-3H3. The van der Waals surface area contributed by atoms with Crippen LogP contribution in [0.4, 0.5) is 0 Å². The van der Waals surface area contributed by atoms with Crippen molar-refractivity contribution in [3.8, 4) is 0 Å². The molecule has 0 spiro atoms. The zero-order valence-electron chi connectivity index (χ0n) is 16.4. The maximum absolute atomic E-state index is 3.57. The molecule has 3 nitrogen and oxygen atoms in total. The predicted octanol–water partition coefficient (Wildman–Crippen LogP) is 5.17. The van der Waals surface area contributed by atoms with Gasteiger partial charge in [0.05, 0.1) is 0 Å². The molecule has 23 heavy (non-hydrogen) atoms. The third-order valence-electron chi connectivity index (χ3n) is 4.55. The van der Waals surface area contributed by atoms with Crippen LogP contribution in [0.3, 0.4) is 0 Å². The minimum absolute atomic E-state index is 0.273. The normalized spacial score (nSPS) is 11.5. The van der Waals surface area contributed by atoms with Gasteiger partial charge in [0, 0.05) is 0 Å². The van der Waals surface area contributed by atoms with E-state index in [2.05, 4.69) is 29.8 Å². The first kappa shape index (κ1) is 22.9. The van der Waals surface area contributed by atoms with Crippen LogP contribution in [0.25, 0.3) is 0 Å². The van der Waals surface area contributed by atoms with Gasteiger partial charge in [0.25, 0.3) is 0 Å². The summed E-state index contributed by atoms with van der Waals surface area (Å²) >= 11 is 0. The number of rotatable bonds is 19. The Morgan fingerprint density at radius 2 is 0.870 bits per heavy atom. The molecule has 0 aliphatic rings. The Bertz CT molecular complexity index is 189. The van der Waals surface area contributed by atoms with Gasteiger partial charge in [-0.05, 0) is 33.0 Å². The molecule has 140 valence electrons. The molecule has 0 radical (unpaired) electrons. The van der Waals surface area contributed by atoms with E-state index in [0.29, 0.717) is 0 Å². The lowest BCUT2D eigenvalue weighted by Gasteiger charge is -2.19. The van der Waals surface area contributed by atoms with E-state index >= 15 is 0 Å². The van der Waals surface area contributed by atoms with Gasteiger partial charge in [0.1, 0.15) is 6.29 Å². The summed E-state index contributed by atoms with van der Waals surface area (Å²) in [7, 11) is 2.03. The third kappa shape index (κ3) is 18.1. The molecule has 0 aromatic carbocycles. The van der Waals surface area contributed by atoms with E-state index < -0.39 is 0 Å². The van der Waals surface area contributed by atoms with Crippen molar-refractivity contribution in [2.24, 2.45) is 0 Å². The highest BCUT2D eigenvalue weighted by molar-refractivity contribution is 4.60. The topological polar surface area (TPSA) is 36.1 Å². The average molecular weight is 328 g/mol. The molecule has 0 unspecified atom stereocenters. The molecule has 3 N–H and O–H groups in total. The largest absolute Gasteiger partial charge is 0.293 e. The zero-order chi connectivity index (χ0) is 17.0. The minimum atomic E-state index is 0.273. The Labute approximate surface area is 146 Å². The predicted molar refractivity (Wildman–Crippen MR) is 105 cm³/mol. The molecule has 3 heteroatoms. The van der Waals surface area contributed by atoms with Gasteiger partial charge in [-0.25, -0.2) is 0 Å². The molecule has 0 heterocycles. The molecule has 0 aliphatic heterocycles. The van der Waals surface area contributed by atoms with Crippen LogP contribution in [0.5, 0.6) is 0 Å². The van der Waals surface area contributed by atoms with Crippen molar-refractivity contribution in [2.75, 3.05) is 20.1 Å². The van der Waals surface area contributed by atoms with Gasteiger partial charge in [0.2, 0.25) is 0 Å². The first-order chi connectivity index (χ1) is 11.3. The summed E-state index contributed by atoms with van der Waals surface area (Å²) in [4.78, 5) is 0. The maximum atomic E-state index is 3.57. The first-order valence-corrected chi connectivity index (χ1v) is 10.5. The van der Waals surface area contributed by atoms with Crippen molar-refractivity contribution < 1.29 is 0 Å². The van der Waals surface area contributed by atoms with E-state index in [0.717, 1.165) is 13.1 Å². The molecule has 0 saturated heterocycles. The highest BCUT2D eigenvalue weighted by Crippen LogP contribution is 2.07. The second-order valence-corrected chi connectivity index (χ2v) is 6.87. The van der Waals surface area contributed by atoms with E-state index in [1.807, 2.05) is 7.05 Å². The van der Waals surface area contributed by atoms with Gasteiger partial charge in [-0.3, -0.25) is 16.0 Å². The van der Waals surface area contributed by atoms with Crippen LogP contribution in [-0.4, -0.2) is 26.4 Å². The van der Waals surface area contributed by atoms with Crippen LogP contribution >= 0.6 is 0 Å². The van der Waals surface area contributed by atoms with Crippen molar-refractivity contribution in [1.82, 2.24) is 16.0 Å². The van der Waals surface area contributed by atoms with Crippen LogP contribution in [-0.2, 0) is 0 Å². The van der Waals surface area contributed by atoms with E-state index in [-0.39, 0.29) is 6.29 Å². The van der Waals surface area contributed by atoms with Crippen LogP contribution < -0.4 is 16.0 Å². The fourth-order valence-corrected chi connectivity index (χ4v) is 2.93. The number of unbranched alkanes of at least 4 members (excludes halogenated alkanes) is 12. The molecule has 0 aromatic rings. The third-order valence-corrected chi connectivity index (χ3v) is 4.55. The Morgan fingerprint density at radius 3 is 1.22 bits per heavy atom. The Hall–Kier alpha value is -0.120.